The van der Waals surface area contributed by atoms with E-state index in [1.807, 2.05) is 18.2 Å². The van der Waals surface area contributed by atoms with Gasteiger partial charge in [0.05, 0.1) is 11.0 Å². The Morgan fingerprint density at radius 3 is 2.81 bits per heavy atom. The van der Waals surface area contributed by atoms with Crippen LogP contribution in [0.5, 0.6) is 0 Å². The fourth-order valence-electron chi connectivity index (χ4n) is 1.35. The Labute approximate surface area is 93.3 Å². The van der Waals surface area contributed by atoms with Crippen LogP contribution in [0.4, 0.5) is 5.95 Å². The van der Waals surface area contributed by atoms with E-state index in [1.165, 1.54) is 0 Å². The first-order valence-corrected chi connectivity index (χ1v) is 6.31. The third kappa shape index (κ3) is 2.31. The van der Waals surface area contributed by atoms with E-state index in [-0.39, 0.29) is 5.95 Å². The number of hydrogen-bond acceptors (Lipinski definition) is 3. The minimum atomic E-state index is -3.53. The molecule has 0 radical (unpaired) electrons. The monoisotopic (exact) mass is 240 g/mol. The van der Waals surface area contributed by atoms with Crippen molar-refractivity contribution < 1.29 is 8.42 Å². The van der Waals surface area contributed by atoms with Crippen molar-refractivity contribution in [2.75, 3.05) is 11.3 Å². The fraction of sp³-hybridized carbons (Fsp3) is 0.222. The smallest absolute Gasteiger partial charge is 0.301 e. The average molecular weight is 240 g/mol. The fourth-order valence-corrected chi connectivity index (χ4v) is 2.16. The predicted molar refractivity (Wildman–Crippen MR) is 62.3 cm³/mol. The molecular weight excluding hydrogens is 228 g/mol. The maximum absolute atomic E-state index is 11.4. The molecule has 16 heavy (non-hydrogen) atoms. The lowest BCUT2D eigenvalue weighted by Gasteiger charge is -2.03. The highest BCUT2D eigenvalue weighted by Crippen LogP contribution is 2.13. The first-order valence-electron chi connectivity index (χ1n) is 4.83. The molecule has 0 atom stereocenters. The van der Waals surface area contributed by atoms with Crippen molar-refractivity contribution in [2.45, 2.75) is 6.92 Å². The summed E-state index contributed by atoms with van der Waals surface area (Å²) in [4.78, 5) is 6.96. The highest BCUT2D eigenvalue weighted by molar-refractivity contribution is 7.90. The van der Waals surface area contributed by atoms with E-state index in [1.54, 1.807) is 13.0 Å². The summed E-state index contributed by atoms with van der Waals surface area (Å²) in [5.74, 6) is 0.210. The average Bonchev–Trinajstić information content (AvgIpc) is 2.58. The largest absolute Gasteiger partial charge is 0.323 e. The molecule has 0 aliphatic carbocycles. The Morgan fingerprint density at radius 2 is 2.12 bits per heavy atom. The van der Waals surface area contributed by atoms with Gasteiger partial charge in [0.25, 0.3) is 0 Å². The number of benzene rings is 1. The van der Waals surface area contributed by atoms with Crippen molar-refractivity contribution in [3.63, 3.8) is 0 Å². The summed E-state index contributed by atoms with van der Waals surface area (Å²) in [7, 11) is -3.53. The number of anilines is 1. The van der Waals surface area contributed by atoms with Crippen molar-refractivity contribution in [1.82, 2.24) is 14.7 Å². The van der Waals surface area contributed by atoms with Gasteiger partial charge in [0.2, 0.25) is 5.95 Å². The van der Waals surface area contributed by atoms with Gasteiger partial charge in [0, 0.05) is 6.54 Å². The Balaban J connectivity index is 2.28. The SMILES string of the molecule is CCNS(=O)(=O)Nc1nc2ccccc2[nH]1. The summed E-state index contributed by atoms with van der Waals surface area (Å²) in [6.45, 7) is 2.04. The molecule has 1 heterocycles. The normalized spacial score (nSPS) is 11.8. The van der Waals surface area contributed by atoms with Crippen LogP contribution in [0.15, 0.2) is 24.3 Å². The van der Waals surface area contributed by atoms with Gasteiger partial charge in [-0.05, 0) is 12.1 Å². The van der Waals surface area contributed by atoms with Crippen LogP contribution in [0.25, 0.3) is 11.0 Å². The molecule has 2 rings (SSSR count). The van der Waals surface area contributed by atoms with E-state index in [4.69, 9.17) is 0 Å². The van der Waals surface area contributed by atoms with E-state index in [0.717, 1.165) is 11.0 Å². The van der Waals surface area contributed by atoms with Crippen molar-refractivity contribution in [2.24, 2.45) is 0 Å². The van der Waals surface area contributed by atoms with Crippen LogP contribution in [0.1, 0.15) is 6.92 Å². The van der Waals surface area contributed by atoms with E-state index in [9.17, 15) is 8.42 Å². The zero-order valence-electron chi connectivity index (χ0n) is 8.69. The molecule has 0 bridgehead atoms. The molecule has 0 saturated carbocycles. The minimum absolute atomic E-state index is 0.210. The molecule has 1 aromatic heterocycles. The Morgan fingerprint density at radius 1 is 1.38 bits per heavy atom. The summed E-state index contributed by atoms with van der Waals surface area (Å²) in [5.41, 5.74) is 1.51. The highest BCUT2D eigenvalue weighted by atomic mass is 32.2. The molecule has 3 N–H and O–H groups in total. The molecule has 0 unspecified atom stereocenters. The molecule has 2 aromatic rings. The molecule has 86 valence electrons. The van der Waals surface area contributed by atoms with Crippen molar-refractivity contribution in [1.29, 1.82) is 0 Å². The molecule has 6 nitrogen and oxygen atoms in total. The van der Waals surface area contributed by atoms with Crippen LogP contribution < -0.4 is 9.44 Å². The van der Waals surface area contributed by atoms with Crippen molar-refractivity contribution in [3.8, 4) is 0 Å². The molecule has 7 heteroatoms. The van der Waals surface area contributed by atoms with Crippen LogP contribution in [0, 0.1) is 0 Å². The van der Waals surface area contributed by atoms with Gasteiger partial charge < -0.3 is 4.98 Å². The van der Waals surface area contributed by atoms with Gasteiger partial charge in [-0.15, -0.1) is 0 Å². The molecule has 0 aliphatic heterocycles. The zero-order valence-corrected chi connectivity index (χ0v) is 9.50. The number of nitrogens with zero attached hydrogens (tertiary/aromatic N) is 1. The Hall–Kier alpha value is -1.60. The summed E-state index contributed by atoms with van der Waals surface area (Å²) in [6, 6.07) is 7.32. The zero-order chi connectivity index (χ0) is 11.6. The number of aromatic amines is 1. The number of para-hydroxylation sites is 2. The molecular formula is C9H12N4O2S. The van der Waals surface area contributed by atoms with Crippen LogP contribution >= 0.6 is 0 Å². The van der Waals surface area contributed by atoms with Crippen molar-refractivity contribution in [3.05, 3.63) is 24.3 Å². The topological polar surface area (TPSA) is 86.9 Å². The number of rotatable bonds is 4. The van der Waals surface area contributed by atoms with Gasteiger partial charge in [0.1, 0.15) is 0 Å². The highest BCUT2D eigenvalue weighted by Gasteiger charge is 2.10. The van der Waals surface area contributed by atoms with Crippen LogP contribution in [0.2, 0.25) is 0 Å². The standard InChI is InChI=1S/C9H12N4O2S/c1-2-10-16(14,15)13-9-11-7-5-3-4-6-8(7)12-9/h3-6,10H,2H2,1H3,(H2,11,12,13). The summed E-state index contributed by atoms with van der Waals surface area (Å²) >= 11 is 0. The van der Waals surface area contributed by atoms with Gasteiger partial charge in [0.15, 0.2) is 0 Å². The Kier molecular flexibility index (Phi) is 2.80. The number of imidazole rings is 1. The van der Waals surface area contributed by atoms with E-state index < -0.39 is 10.2 Å². The Bertz CT molecular complexity index is 557. The third-order valence-electron chi connectivity index (χ3n) is 1.95. The number of nitrogens with one attached hydrogen (secondary N) is 3. The minimum Gasteiger partial charge on any atom is -0.323 e. The number of hydrogen-bond donors (Lipinski definition) is 3. The number of aromatic nitrogens is 2. The van der Waals surface area contributed by atoms with Crippen molar-refractivity contribution >= 4 is 27.2 Å². The van der Waals surface area contributed by atoms with Crippen LogP contribution in [0.3, 0.4) is 0 Å². The lowest BCUT2D eigenvalue weighted by atomic mass is 10.3. The molecule has 0 spiro atoms. The first kappa shape index (κ1) is 10.9. The lowest BCUT2D eigenvalue weighted by Crippen LogP contribution is -2.30. The predicted octanol–water partition coefficient (Wildman–Crippen LogP) is 0.829. The molecule has 0 amide bonds. The quantitative estimate of drug-likeness (QED) is 0.739. The maximum Gasteiger partial charge on any atom is 0.301 e. The van der Waals surface area contributed by atoms with Gasteiger partial charge in [-0.2, -0.15) is 13.1 Å². The summed E-state index contributed by atoms with van der Waals surface area (Å²) in [6.07, 6.45) is 0. The van der Waals surface area contributed by atoms with E-state index in [2.05, 4.69) is 19.4 Å². The summed E-state index contributed by atoms with van der Waals surface area (Å²) in [5, 5.41) is 0. The molecule has 0 aliphatic rings. The first-order chi connectivity index (χ1) is 7.61. The lowest BCUT2D eigenvalue weighted by molar-refractivity contribution is 0.589. The van der Waals surface area contributed by atoms with Gasteiger partial charge in [-0.25, -0.2) is 9.71 Å². The molecule has 0 fully saturated rings. The van der Waals surface area contributed by atoms with Crippen LogP contribution in [-0.4, -0.2) is 24.9 Å². The summed E-state index contributed by atoms with van der Waals surface area (Å²) < 4.78 is 27.4. The second kappa shape index (κ2) is 4.11. The van der Waals surface area contributed by atoms with Gasteiger partial charge >= 0.3 is 10.2 Å². The van der Waals surface area contributed by atoms with Gasteiger partial charge in [-0.3, -0.25) is 0 Å². The number of fused-ring (bicyclic) bond motifs is 1. The molecule has 1 aromatic carbocycles. The maximum atomic E-state index is 11.4. The third-order valence-corrected chi connectivity index (χ3v) is 3.09. The molecule has 0 saturated heterocycles. The van der Waals surface area contributed by atoms with E-state index >= 15 is 0 Å². The second-order valence-electron chi connectivity index (χ2n) is 3.21. The van der Waals surface area contributed by atoms with Crippen LogP contribution in [-0.2, 0) is 10.2 Å². The second-order valence-corrected chi connectivity index (χ2v) is 4.71. The van der Waals surface area contributed by atoms with E-state index in [0.29, 0.717) is 6.54 Å². The van der Waals surface area contributed by atoms with Gasteiger partial charge in [-0.1, -0.05) is 19.1 Å². The number of H-pyrrole nitrogens is 1.